The lowest BCUT2D eigenvalue weighted by Crippen LogP contribution is -2.33. The van der Waals surface area contributed by atoms with Crippen molar-refractivity contribution in [3.8, 4) is 0 Å². The molecule has 0 spiro atoms. The van der Waals surface area contributed by atoms with Crippen LogP contribution in [0.25, 0.3) is 0 Å². The minimum Gasteiger partial charge on any atom is -0.480 e. The highest BCUT2D eigenvalue weighted by Crippen LogP contribution is 2.22. The number of hydrogen-bond donors (Lipinski definition) is 4. The van der Waals surface area contributed by atoms with Gasteiger partial charge in [0.2, 0.25) is 0 Å². The minimum absolute atomic E-state index is 0. The highest BCUT2D eigenvalue weighted by molar-refractivity contribution is 8.76. The van der Waals surface area contributed by atoms with Crippen LogP contribution in [0.2, 0.25) is 0 Å². The largest absolute Gasteiger partial charge is 0.480 e. The van der Waals surface area contributed by atoms with Crippen LogP contribution >= 0.6 is 48.6 Å². The molecule has 10 heteroatoms. The van der Waals surface area contributed by atoms with Crippen LogP contribution in [0.5, 0.6) is 0 Å². The molecule has 0 saturated heterocycles. The van der Waals surface area contributed by atoms with Gasteiger partial charge in [0.25, 0.3) is 0 Å². The van der Waals surface area contributed by atoms with E-state index in [1.165, 1.54) is 21.6 Å². The summed E-state index contributed by atoms with van der Waals surface area (Å²) in [7, 11) is 2.41. The molecule has 0 aromatic rings. The van der Waals surface area contributed by atoms with Crippen LogP contribution in [0.3, 0.4) is 0 Å². The lowest BCUT2D eigenvalue weighted by Gasteiger charge is -2.07. The Bertz CT molecular complexity index is 197. The maximum absolute atomic E-state index is 10.3. The van der Waals surface area contributed by atoms with Crippen molar-refractivity contribution in [2.75, 3.05) is 11.5 Å². The SMILES string of the molecule is N[C@@H](CSSC[C@H](N)C(=O)O)C(=O)O.[S].[S]. The van der Waals surface area contributed by atoms with Crippen molar-refractivity contribution in [1.29, 1.82) is 0 Å². The summed E-state index contributed by atoms with van der Waals surface area (Å²) in [4.78, 5) is 20.5. The van der Waals surface area contributed by atoms with Crippen LogP contribution in [0.15, 0.2) is 0 Å². The molecule has 0 rings (SSSR count). The van der Waals surface area contributed by atoms with Crippen LogP contribution in [-0.4, -0.2) is 45.7 Å². The van der Waals surface area contributed by atoms with E-state index in [2.05, 4.69) is 0 Å². The number of rotatable bonds is 7. The second-order valence-corrected chi connectivity index (χ2v) is 5.01. The normalized spacial score (nSPS) is 12.9. The molecule has 0 aliphatic rings. The van der Waals surface area contributed by atoms with Gasteiger partial charge >= 0.3 is 11.9 Å². The first-order valence-electron chi connectivity index (χ1n) is 3.66. The van der Waals surface area contributed by atoms with E-state index in [0.29, 0.717) is 0 Å². The zero-order chi connectivity index (χ0) is 11.1. The lowest BCUT2D eigenvalue weighted by molar-refractivity contribution is -0.138. The van der Waals surface area contributed by atoms with Gasteiger partial charge in [0.15, 0.2) is 0 Å². The van der Waals surface area contributed by atoms with Crippen LogP contribution in [0, 0.1) is 0 Å². The summed E-state index contributed by atoms with van der Waals surface area (Å²) in [5, 5.41) is 16.8. The van der Waals surface area contributed by atoms with E-state index in [-0.39, 0.29) is 38.5 Å². The van der Waals surface area contributed by atoms with Crippen molar-refractivity contribution in [3.05, 3.63) is 0 Å². The fourth-order valence-electron chi connectivity index (χ4n) is 0.385. The number of carboxylic acid groups (broad SMARTS) is 2. The van der Waals surface area contributed by atoms with Crippen LogP contribution in [0.1, 0.15) is 0 Å². The number of carbonyl (C=O) groups is 2. The summed E-state index contributed by atoms with van der Waals surface area (Å²) in [5.41, 5.74) is 10.4. The first-order valence-corrected chi connectivity index (χ1v) is 6.15. The smallest absolute Gasteiger partial charge is 0.321 e. The molecule has 6 N–H and O–H groups in total. The molecule has 0 aliphatic heterocycles. The Balaban J connectivity index is -0.000000845. The summed E-state index contributed by atoms with van der Waals surface area (Å²) in [6, 6.07) is -1.85. The monoisotopic (exact) mass is 304 g/mol. The van der Waals surface area contributed by atoms with Gasteiger partial charge in [-0.2, -0.15) is 0 Å². The molecule has 16 heavy (non-hydrogen) atoms. The van der Waals surface area contributed by atoms with Crippen LogP contribution in [0.4, 0.5) is 0 Å². The Morgan fingerprint density at radius 1 is 0.938 bits per heavy atom. The maximum Gasteiger partial charge on any atom is 0.321 e. The van der Waals surface area contributed by atoms with E-state index in [0.717, 1.165) is 0 Å². The second-order valence-electron chi connectivity index (χ2n) is 2.46. The Kier molecular flexibility index (Phi) is 15.8. The third kappa shape index (κ3) is 10.8. The van der Waals surface area contributed by atoms with Gasteiger partial charge < -0.3 is 21.7 Å². The van der Waals surface area contributed by atoms with Crippen molar-refractivity contribution in [1.82, 2.24) is 0 Å². The molecule has 94 valence electrons. The molecule has 6 nitrogen and oxygen atoms in total. The molecule has 0 saturated carbocycles. The Labute approximate surface area is 115 Å². The van der Waals surface area contributed by atoms with E-state index in [1.54, 1.807) is 0 Å². The number of aliphatic carboxylic acids is 2. The van der Waals surface area contributed by atoms with E-state index in [4.69, 9.17) is 21.7 Å². The van der Waals surface area contributed by atoms with Crippen molar-refractivity contribution in [3.63, 3.8) is 0 Å². The van der Waals surface area contributed by atoms with Gasteiger partial charge in [0, 0.05) is 38.5 Å². The van der Waals surface area contributed by atoms with Crippen LogP contribution in [-0.2, 0) is 9.59 Å². The lowest BCUT2D eigenvalue weighted by atomic mass is 10.4. The quantitative estimate of drug-likeness (QED) is 0.395. The average Bonchev–Trinajstić information content (AvgIpc) is 2.11. The first-order chi connectivity index (χ1) is 6.45. The van der Waals surface area contributed by atoms with Crippen molar-refractivity contribution in [2.45, 2.75) is 12.1 Å². The highest BCUT2D eigenvalue weighted by Gasteiger charge is 2.14. The topological polar surface area (TPSA) is 127 Å². The standard InChI is InChI=1S/C6H12N2O4S2.2S/c7-3(5(9)10)1-13-14-2-4(8)6(11)12;;/h3-4H,1-2,7-8H2,(H,9,10)(H,11,12);;/t3-,4-;;/m0../s1. The Morgan fingerprint density at radius 2 is 1.19 bits per heavy atom. The summed E-state index contributed by atoms with van der Waals surface area (Å²) >= 11 is 0. The van der Waals surface area contributed by atoms with Gasteiger partial charge in [0.05, 0.1) is 0 Å². The molecule has 4 radical (unpaired) electrons. The molecule has 0 bridgehead atoms. The number of nitrogens with two attached hydrogens (primary N) is 2. The molecular formula is C6H12N2O4S4. The van der Waals surface area contributed by atoms with Gasteiger partial charge in [-0.15, -0.1) is 0 Å². The molecule has 0 amide bonds. The molecule has 0 aromatic carbocycles. The van der Waals surface area contributed by atoms with E-state index < -0.39 is 24.0 Å². The number of hydrogen-bond acceptors (Lipinski definition) is 6. The molecule has 0 unspecified atom stereocenters. The third-order valence-electron chi connectivity index (χ3n) is 1.21. The second kappa shape index (κ2) is 11.7. The molecule has 0 heterocycles. The van der Waals surface area contributed by atoms with Gasteiger partial charge in [-0.25, -0.2) is 0 Å². The van der Waals surface area contributed by atoms with Gasteiger partial charge in [-0.1, -0.05) is 21.6 Å². The maximum atomic E-state index is 10.3. The van der Waals surface area contributed by atoms with Crippen LogP contribution < -0.4 is 11.5 Å². The molecule has 2 atom stereocenters. The average molecular weight is 304 g/mol. The van der Waals surface area contributed by atoms with Gasteiger partial charge in [-0.05, 0) is 0 Å². The first kappa shape index (κ1) is 21.5. The minimum atomic E-state index is -1.07. The van der Waals surface area contributed by atoms with Crippen molar-refractivity contribution < 1.29 is 19.8 Å². The van der Waals surface area contributed by atoms with E-state index in [9.17, 15) is 9.59 Å². The molecule has 0 fully saturated rings. The van der Waals surface area contributed by atoms with Crippen molar-refractivity contribution >= 4 is 60.5 Å². The van der Waals surface area contributed by atoms with Gasteiger partial charge in [-0.3, -0.25) is 9.59 Å². The van der Waals surface area contributed by atoms with E-state index in [1.807, 2.05) is 0 Å². The Hall–Kier alpha value is 0.260. The summed E-state index contributed by atoms with van der Waals surface area (Å²) in [5.74, 6) is -1.68. The zero-order valence-electron chi connectivity index (χ0n) is 8.07. The summed E-state index contributed by atoms with van der Waals surface area (Å²) in [6.07, 6.45) is 0. The predicted octanol–water partition coefficient (Wildman–Crippen LogP) is 0.488. The summed E-state index contributed by atoms with van der Waals surface area (Å²) in [6.45, 7) is 0. The third-order valence-corrected chi connectivity index (χ3v) is 3.69. The zero-order valence-corrected chi connectivity index (χ0v) is 11.3. The molecule has 0 aliphatic carbocycles. The molecule has 0 aromatic heterocycles. The van der Waals surface area contributed by atoms with Crippen molar-refractivity contribution in [2.24, 2.45) is 11.5 Å². The number of carboxylic acids is 2. The summed E-state index contributed by atoms with van der Waals surface area (Å²) < 4.78 is 0. The molecular weight excluding hydrogens is 292 g/mol. The predicted molar refractivity (Wildman–Crippen MR) is 71.3 cm³/mol. The fraction of sp³-hybridized carbons (Fsp3) is 0.667. The fourth-order valence-corrected chi connectivity index (χ4v) is 2.61. The van der Waals surface area contributed by atoms with E-state index >= 15 is 0 Å². The highest BCUT2D eigenvalue weighted by atomic mass is 33.1. The Morgan fingerprint density at radius 3 is 1.38 bits per heavy atom. The van der Waals surface area contributed by atoms with Gasteiger partial charge in [0.1, 0.15) is 12.1 Å².